The second kappa shape index (κ2) is 10.1. The van der Waals surface area contributed by atoms with Crippen LogP contribution in [0.15, 0.2) is 34.1 Å². The highest BCUT2D eigenvalue weighted by molar-refractivity contribution is 5.24. The van der Waals surface area contributed by atoms with Gasteiger partial charge in [-0.15, -0.1) is 0 Å². The van der Waals surface area contributed by atoms with Gasteiger partial charge in [0.1, 0.15) is 17.7 Å². The Kier molecular flexibility index (Phi) is 7.73. The average molecular weight is 522 g/mol. The molecule has 12 nitrogen and oxygen atoms in total. The third kappa shape index (κ3) is 4.93. The van der Waals surface area contributed by atoms with E-state index in [9.17, 15) is 32.3 Å². The van der Waals surface area contributed by atoms with Gasteiger partial charge in [-0.2, -0.15) is 18.7 Å². The van der Waals surface area contributed by atoms with E-state index in [0.29, 0.717) is 11.0 Å². The predicted molar refractivity (Wildman–Crippen MR) is 116 cm³/mol. The van der Waals surface area contributed by atoms with Gasteiger partial charge in [0, 0.05) is 12.4 Å². The first-order valence-corrected chi connectivity index (χ1v) is 10.8. The molecule has 2 aliphatic rings. The molecule has 6 N–H and O–H groups in total. The van der Waals surface area contributed by atoms with Gasteiger partial charge in [0.25, 0.3) is 5.92 Å². The van der Waals surface area contributed by atoms with Crippen LogP contribution in [0.4, 0.5) is 29.2 Å². The van der Waals surface area contributed by atoms with Crippen molar-refractivity contribution >= 4 is 11.6 Å². The van der Waals surface area contributed by atoms with E-state index in [1.54, 1.807) is 6.92 Å². The first kappa shape index (κ1) is 27.5. The van der Waals surface area contributed by atoms with Crippen molar-refractivity contribution in [1.82, 2.24) is 19.1 Å². The highest BCUT2D eigenvalue weighted by atomic mass is 19.3. The van der Waals surface area contributed by atoms with E-state index in [0.717, 1.165) is 16.8 Å². The van der Waals surface area contributed by atoms with E-state index in [2.05, 4.69) is 9.97 Å². The highest BCUT2D eigenvalue weighted by Crippen LogP contribution is 2.47. The molecule has 4 rings (SSSR count). The van der Waals surface area contributed by atoms with Gasteiger partial charge in [-0.25, -0.2) is 18.4 Å². The molecule has 0 radical (unpaired) electrons. The van der Waals surface area contributed by atoms with Gasteiger partial charge >= 0.3 is 17.3 Å². The monoisotopic (exact) mass is 522 g/mol. The average Bonchev–Trinajstić information content (AvgIpc) is 3.17. The van der Waals surface area contributed by atoms with Crippen molar-refractivity contribution in [2.24, 2.45) is 5.92 Å². The Labute approximate surface area is 201 Å². The zero-order chi connectivity index (χ0) is 27.0. The molecule has 0 bridgehead atoms. The van der Waals surface area contributed by atoms with E-state index < -0.39 is 66.5 Å². The van der Waals surface area contributed by atoms with Crippen molar-refractivity contribution in [2.45, 2.75) is 62.9 Å². The molecule has 200 valence electrons. The Morgan fingerprint density at radius 1 is 0.944 bits per heavy atom. The fourth-order valence-electron chi connectivity index (χ4n) is 3.87. The van der Waals surface area contributed by atoms with Gasteiger partial charge in [-0.05, 0) is 18.6 Å². The SMILES string of the molecule is CC[C@H]1O[C@@H](n2ccc(N)nc2=O)C(F)(F)[C@@H]1C.Nc1ccn([C@@H]2O[C@H](CO)[C@@H](O)C2(F)F)c(=O)n1. The second-order valence-electron chi connectivity index (χ2n) is 8.31. The molecule has 2 aliphatic heterocycles. The summed E-state index contributed by atoms with van der Waals surface area (Å²) in [5.41, 5.74) is 8.70. The van der Waals surface area contributed by atoms with E-state index in [1.807, 2.05) is 0 Å². The van der Waals surface area contributed by atoms with Crippen LogP contribution in [0.3, 0.4) is 0 Å². The Morgan fingerprint density at radius 3 is 1.75 bits per heavy atom. The Morgan fingerprint density at radius 2 is 1.39 bits per heavy atom. The van der Waals surface area contributed by atoms with Crippen LogP contribution >= 0.6 is 0 Å². The standard InChI is InChI=1S/C11H15F2N3O2.C9H11F2N3O4/c1-3-7-6(2)11(12,13)9(18-7)16-5-4-8(14)15-10(16)17;10-9(11)6(16)4(3-15)18-7(9)14-2-1-5(12)13-8(14)17/h4-7,9H,3H2,1-2H3,(H2,14,15,17);1-2,4,6-7,15-16H,3H2,(H2,12,13,17)/t6-,7-,9-;4-,6-,7-/m11/s1. The number of hydrogen-bond donors (Lipinski definition) is 4. The minimum Gasteiger partial charge on any atom is -0.394 e. The lowest BCUT2D eigenvalue weighted by Gasteiger charge is -2.21. The number of nitrogen functional groups attached to an aromatic ring is 2. The fourth-order valence-corrected chi connectivity index (χ4v) is 3.87. The van der Waals surface area contributed by atoms with Gasteiger partial charge in [0.15, 0.2) is 6.10 Å². The van der Waals surface area contributed by atoms with Crippen LogP contribution in [0, 0.1) is 5.92 Å². The largest absolute Gasteiger partial charge is 0.394 e. The molecule has 0 amide bonds. The minimum atomic E-state index is -3.71. The number of aliphatic hydroxyl groups is 2. The van der Waals surface area contributed by atoms with Gasteiger partial charge < -0.3 is 31.2 Å². The maximum Gasteiger partial charge on any atom is 0.351 e. The first-order chi connectivity index (χ1) is 16.7. The molecular formula is C20H26F4N6O6. The number of rotatable bonds is 4. The molecule has 16 heteroatoms. The third-order valence-corrected chi connectivity index (χ3v) is 5.97. The molecule has 2 saturated heterocycles. The smallest absolute Gasteiger partial charge is 0.351 e. The summed E-state index contributed by atoms with van der Waals surface area (Å²) in [5, 5.41) is 18.1. The molecular weight excluding hydrogens is 496 g/mol. The van der Waals surface area contributed by atoms with Crippen molar-refractivity contribution in [3.05, 3.63) is 45.5 Å². The van der Waals surface area contributed by atoms with Crippen LogP contribution in [0.2, 0.25) is 0 Å². The van der Waals surface area contributed by atoms with Gasteiger partial charge in [-0.1, -0.05) is 13.8 Å². The molecule has 2 aromatic heterocycles. The zero-order valence-corrected chi connectivity index (χ0v) is 19.2. The molecule has 2 aromatic rings. The topological polar surface area (TPSA) is 181 Å². The first-order valence-electron chi connectivity index (χ1n) is 10.8. The third-order valence-electron chi connectivity index (χ3n) is 5.97. The van der Waals surface area contributed by atoms with Gasteiger partial charge in [0.05, 0.1) is 18.6 Å². The lowest BCUT2D eigenvalue weighted by atomic mass is 9.98. The van der Waals surface area contributed by atoms with Crippen LogP contribution in [0.1, 0.15) is 32.7 Å². The summed E-state index contributed by atoms with van der Waals surface area (Å²) in [7, 11) is 0. The molecule has 2 fully saturated rings. The summed E-state index contributed by atoms with van der Waals surface area (Å²) in [4.78, 5) is 29.7. The van der Waals surface area contributed by atoms with Crippen molar-refractivity contribution in [1.29, 1.82) is 0 Å². The zero-order valence-electron chi connectivity index (χ0n) is 19.2. The quantitative estimate of drug-likeness (QED) is 0.403. The second-order valence-corrected chi connectivity index (χ2v) is 8.31. The van der Waals surface area contributed by atoms with Crippen LogP contribution in [0.25, 0.3) is 0 Å². The number of aliphatic hydroxyl groups excluding tert-OH is 2. The van der Waals surface area contributed by atoms with Gasteiger partial charge in [0.2, 0.25) is 12.5 Å². The number of aromatic nitrogens is 4. The lowest BCUT2D eigenvalue weighted by Crippen LogP contribution is -2.41. The van der Waals surface area contributed by atoms with Crippen LogP contribution < -0.4 is 22.8 Å². The molecule has 6 atom stereocenters. The molecule has 0 unspecified atom stereocenters. The summed E-state index contributed by atoms with van der Waals surface area (Å²) < 4.78 is 66.9. The molecule has 36 heavy (non-hydrogen) atoms. The number of halogens is 4. The minimum absolute atomic E-state index is 0.00217. The molecule has 4 heterocycles. The maximum absolute atomic E-state index is 14.1. The Bertz CT molecular complexity index is 1100. The number of nitrogens with two attached hydrogens (primary N) is 2. The fraction of sp³-hybridized carbons (Fsp3) is 0.600. The summed E-state index contributed by atoms with van der Waals surface area (Å²) in [5.74, 6) is -7.89. The van der Waals surface area contributed by atoms with Crippen molar-refractivity contribution in [3.8, 4) is 0 Å². The number of nitrogens with zero attached hydrogens (tertiary/aromatic N) is 4. The van der Waals surface area contributed by atoms with Crippen molar-refractivity contribution in [2.75, 3.05) is 18.1 Å². The maximum atomic E-state index is 14.1. The number of anilines is 2. The summed E-state index contributed by atoms with van der Waals surface area (Å²) in [6, 6.07) is 2.45. The van der Waals surface area contributed by atoms with Gasteiger partial charge in [-0.3, -0.25) is 9.13 Å². The molecule has 0 spiro atoms. The normalized spacial score (nSPS) is 30.6. The predicted octanol–water partition coefficient (Wildman–Crippen LogP) is 0.116. The van der Waals surface area contributed by atoms with E-state index in [-0.39, 0.29) is 11.6 Å². The highest BCUT2D eigenvalue weighted by Gasteiger charge is 2.59. The number of ether oxygens (including phenoxy) is 2. The molecule has 0 aromatic carbocycles. The van der Waals surface area contributed by atoms with Crippen molar-refractivity contribution in [3.63, 3.8) is 0 Å². The van der Waals surface area contributed by atoms with Crippen LogP contribution in [0.5, 0.6) is 0 Å². The number of hydrogen-bond acceptors (Lipinski definition) is 10. The molecule has 0 aliphatic carbocycles. The van der Waals surface area contributed by atoms with E-state index in [1.165, 1.54) is 19.2 Å². The lowest BCUT2D eigenvalue weighted by molar-refractivity contribution is -0.140. The van der Waals surface area contributed by atoms with Crippen molar-refractivity contribution < 1.29 is 37.2 Å². The van der Waals surface area contributed by atoms with E-state index in [4.69, 9.17) is 26.0 Å². The Hall–Kier alpha value is -3.08. The summed E-state index contributed by atoms with van der Waals surface area (Å²) >= 11 is 0. The summed E-state index contributed by atoms with van der Waals surface area (Å²) in [6.45, 7) is 2.40. The summed E-state index contributed by atoms with van der Waals surface area (Å²) in [6.07, 6.45) is -5.22. The van der Waals surface area contributed by atoms with E-state index >= 15 is 0 Å². The molecule has 0 saturated carbocycles. The Balaban J connectivity index is 0.000000201. The van der Waals surface area contributed by atoms with Crippen LogP contribution in [-0.2, 0) is 9.47 Å². The number of alkyl halides is 4. The van der Waals surface area contributed by atoms with Crippen LogP contribution in [-0.4, -0.2) is 66.1 Å².